The molecule has 0 spiro atoms. The third-order valence-electron chi connectivity index (χ3n) is 3.93. The number of aromatic nitrogens is 1. The first-order valence-corrected chi connectivity index (χ1v) is 9.04. The van der Waals surface area contributed by atoms with Crippen LogP contribution in [-0.2, 0) is 0 Å². The van der Waals surface area contributed by atoms with Crippen LogP contribution in [0.3, 0.4) is 0 Å². The molecule has 1 saturated heterocycles. The fraction of sp³-hybridized carbons (Fsp3) is 0.312. The zero-order valence-electron chi connectivity index (χ0n) is 12.6. The summed E-state index contributed by atoms with van der Waals surface area (Å²) in [4.78, 5) is 18.8. The second-order valence-corrected chi connectivity index (χ2v) is 7.26. The number of hydrogen-bond donors (Lipinski definition) is 1. The van der Waals surface area contributed by atoms with E-state index in [-0.39, 0.29) is 5.91 Å². The van der Waals surface area contributed by atoms with Gasteiger partial charge in [-0.25, -0.2) is 4.98 Å². The minimum atomic E-state index is -0.0814. The van der Waals surface area contributed by atoms with Crippen molar-refractivity contribution < 1.29 is 4.79 Å². The summed E-state index contributed by atoms with van der Waals surface area (Å²) in [5, 5.41) is 14.7. The molecule has 1 fully saturated rings. The molecule has 2 heterocycles. The van der Waals surface area contributed by atoms with Crippen molar-refractivity contribution in [3.63, 3.8) is 0 Å². The molecule has 1 aliphatic heterocycles. The molecule has 1 amide bonds. The summed E-state index contributed by atoms with van der Waals surface area (Å²) in [6.45, 7) is 1.93. The second kappa shape index (κ2) is 7.39. The van der Waals surface area contributed by atoms with Gasteiger partial charge in [-0.3, -0.25) is 4.79 Å². The van der Waals surface area contributed by atoms with Crippen molar-refractivity contribution in [2.75, 3.05) is 19.6 Å². The van der Waals surface area contributed by atoms with Crippen LogP contribution in [-0.4, -0.2) is 35.4 Å². The number of likely N-dealkylation sites (tertiary alicyclic amines) is 1. The van der Waals surface area contributed by atoms with E-state index in [1.54, 1.807) is 28.5 Å². The van der Waals surface area contributed by atoms with Gasteiger partial charge in [0.2, 0.25) is 0 Å². The zero-order chi connectivity index (χ0) is 17.1. The molecule has 24 heavy (non-hydrogen) atoms. The lowest BCUT2D eigenvalue weighted by Crippen LogP contribution is -2.30. The Morgan fingerprint density at radius 2 is 2.33 bits per heavy atom. The molecule has 124 valence electrons. The number of halogens is 2. The fourth-order valence-corrected chi connectivity index (χ4v) is 4.08. The van der Waals surface area contributed by atoms with Crippen LogP contribution in [0.5, 0.6) is 0 Å². The highest BCUT2D eigenvalue weighted by atomic mass is 35.5. The lowest BCUT2D eigenvalue weighted by Gasteiger charge is -2.14. The number of nitrogens with one attached hydrogen (secondary N) is 1. The molecular formula is C16H14Cl2N4OS. The first-order chi connectivity index (χ1) is 11.6. The standard InChI is InChI=1S/C16H14Cl2N4OS/c17-11-1-2-12(13(18)5-11)15-21-14(8-24-15)16(23)22-4-3-10(7-22)6-20-9-19/h1-2,5,8,10,20H,3-4,6-7H2/t10-/m1/s1. The molecule has 0 unspecified atom stereocenters. The normalized spacial score (nSPS) is 16.9. The van der Waals surface area contributed by atoms with E-state index in [0.29, 0.717) is 46.3 Å². The third kappa shape index (κ3) is 3.64. The van der Waals surface area contributed by atoms with Gasteiger partial charge >= 0.3 is 0 Å². The molecular weight excluding hydrogens is 367 g/mol. The third-order valence-corrected chi connectivity index (χ3v) is 5.35. The fourth-order valence-electron chi connectivity index (χ4n) is 2.69. The highest BCUT2D eigenvalue weighted by Crippen LogP contribution is 2.32. The van der Waals surface area contributed by atoms with Gasteiger partial charge in [0.25, 0.3) is 5.91 Å². The minimum absolute atomic E-state index is 0.0814. The molecule has 3 rings (SSSR count). The summed E-state index contributed by atoms with van der Waals surface area (Å²) in [6.07, 6.45) is 2.80. The van der Waals surface area contributed by atoms with Crippen molar-refractivity contribution in [2.24, 2.45) is 5.92 Å². The molecule has 1 aromatic heterocycles. The van der Waals surface area contributed by atoms with Gasteiger partial charge in [0.15, 0.2) is 6.19 Å². The Morgan fingerprint density at radius 3 is 3.08 bits per heavy atom. The van der Waals surface area contributed by atoms with Gasteiger partial charge in [0.1, 0.15) is 10.7 Å². The molecule has 2 aromatic rings. The van der Waals surface area contributed by atoms with Gasteiger partial charge in [-0.1, -0.05) is 23.2 Å². The maximum atomic E-state index is 12.6. The quantitative estimate of drug-likeness (QED) is 0.649. The monoisotopic (exact) mass is 380 g/mol. The van der Waals surface area contributed by atoms with Gasteiger partial charge in [-0.05, 0) is 30.5 Å². The average Bonchev–Trinajstić information content (AvgIpc) is 3.22. The van der Waals surface area contributed by atoms with E-state index in [1.807, 2.05) is 6.19 Å². The predicted octanol–water partition coefficient (Wildman–Crippen LogP) is 3.65. The van der Waals surface area contributed by atoms with Crippen molar-refractivity contribution in [3.8, 4) is 16.8 Å². The second-order valence-electron chi connectivity index (χ2n) is 5.56. The van der Waals surface area contributed by atoms with E-state index < -0.39 is 0 Å². The summed E-state index contributed by atoms with van der Waals surface area (Å²) < 4.78 is 0. The number of thiazole rings is 1. The summed E-state index contributed by atoms with van der Waals surface area (Å²) in [7, 11) is 0. The molecule has 1 aromatic carbocycles. The van der Waals surface area contributed by atoms with E-state index in [4.69, 9.17) is 28.5 Å². The number of nitrogens with zero attached hydrogens (tertiary/aromatic N) is 3. The Bertz CT molecular complexity index is 802. The van der Waals surface area contributed by atoms with Crippen LogP contribution in [0.1, 0.15) is 16.9 Å². The van der Waals surface area contributed by atoms with E-state index in [9.17, 15) is 4.79 Å². The number of amides is 1. The Morgan fingerprint density at radius 1 is 1.50 bits per heavy atom. The van der Waals surface area contributed by atoms with Crippen LogP contribution in [0.25, 0.3) is 10.6 Å². The van der Waals surface area contributed by atoms with Crippen LogP contribution in [0.4, 0.5) is 0 Å². The molecule has 0 radical (unpaired) electrons. The number of carbonyl (C=O) groups is 1. The molecule has 5 nitrogen and oxygen atoms in total. The number of nitriles is 1. The number of carbonyl (C=O) groups excluding carboxylic acids is 1. The van der Waals surface area contributed by atoms with Gasteiger partial charge < -0.3 is 10.2 Å². The smallest absolute Gasteiger partial charge is 0.273 e. The molecule has 8 heteroatoms. The summed E-state index contributed by atoms with van der Waals surface area (Å²) >= 11 is 13.5. The largest absolute Gasteiger partial charge is 0.337 e. The van der Waals surface area contributed by atoms with Crippen molar-refractivity contribution in [1.82, 2.24) is 15.2 Å². The van der Waals surface area contributed by atoms with Crippen LogP contribution >= 0.6 is 34.5 Å². The molecule has 1 aliphatic rings. The Hall–Kier alpha value is -1.81. The highest BCUT2D eigenvalue weighted by molar-refractivity contribution is 7.13. The topological polar surface area (TPSA) is 69.0 Å². The van der Waals surface area contributed by atoms with Crippen molar-refractivity contribution in [1.29, 1.82) is 5.26 Å². The van der Waals surface area contributed by atoms with Crippen LogP contribution in [0, 0.1) is 17.4 Å². The zero-order valence-corrected chi connectivity index (χ0v) is 15.0. The van der Waals surface area contributed by atoms with E-state index >= 15 is 0 Å². The maximum Gasteiger partial charge on any atom is 0.273 e. The number of hydrogen-bond acceptors (Lipinski definition) is 5. The molecule has 1 atom stereocenters. The van der Waals surface area contributed by atoms with Crippen LogP contribution in [0.2, 0.25) is 10.0 Å². The molecule has 0 saturated carbocycles. The van der Waals surface area contributed by atoms with Crippen molar-refractivity contribution >= 4 is 40.4 Å². The molecule has 1 N–H and O–H groups in total. The van der Waals surface area contributed by atoms with Gasteiger partial charge in [-0.2, -0.15) is 5.26 Å². The first kappa shape index (κ1) is 17.0. The SMILES string of the molecule is N#CNC[C@H]1CCN(C(=O)c2csc(-c3ccc(Cl)cc3Cl)n2)C1. The number of benzene rings is 1. The maximum absolute atomic E-state index is 12.6. The van der Waals surface area contributed by atoms with Gasteiger partial charge in [0.05, 0.1) is 5.02 Å². The van der Waals surface area contributed by atoms with Crippen LogP contribution < -0.4 is 5.32 Å². The first-order valence-electron chi connectivity index (χ1n) is 7.40. The summed E-state index contributed by atoms with van der Waals surface area (Å²) in [5.74, 6) is 0.222. The summed E-state index contributed by atoms with van der Waals surface area (Å²) in [6, 6.07) is 5.21. The van der Waals surface area contributed by atoms with Crippen LogP contribution in [0.15, 0.2) is 23.6 Å². The highest BCUT2D eigenvalue weighted by Gasteiger charge is 2.28. The Labute approximate surface area is 153 Å². The lowest BCUT2D eigenvalue weighted by atomic mass is 10.1. The van der Waals surface area contributed by atoms with Gasteiger partial charge in [-0.15, -0.1) is 11.3 Å². The molecule has 0 aliphatic carbocycles. The lowest BCUT2D eigenvalue weighted by molar-refractivity contribution is 0.0782. The average molecular weight is 381 g/mol. The van der Waals surface area contributed by atoms with E-state index in [2.05, 4.69) is 10.3 Å². The summed E-state index contributed by atoms with van der Waals surface area (Å²) in [5.41, 5.74) is 1.19. The Kier molecular flexibility index (Phi) is 5.24. The molecule has 0 bridgehead atoms. The van der Waals surface area contributed by atoms with E-state index in [1.165, 1.54) is 11.3 Å². The predicted molar refractivity (Wildman–Crippen MR) is 95.2 cm³/mol. The van der Waals surface area contributed by atoms with Crippen molar-refractivity contribution in [2.45, 2.75) is 6.42 Å². The minimum Gasteiger partial charge on any atom is -0.337 e. The van der Waals surface area contributed by atoms with Gasteiger partial charge in [0, 0.05) is 35.6 Å². The number of rotatable bonds is 4. The Balaban J connectivity index is 1.72. The van der Waals surface area contributed by atoms with Crippen molar-refractivity contribution in [3.05, 3.63) is 39.3 Å². The van der Waals surface area contributed by atoms with E-state index in [0.717, 1.165) is 12.0 Å².